The number of rotatable bonds is 8. The van der Waals surface area contributed by atoms with Crippen molar-refractivity contribution in [3.8, 4) is 0 Å². The average Bonchev–Trinajstić information content (AvgIpc) is 2.77. The lowest BCUT2D eigenvalue weighted by Crippen LogP contribution is -2.42. The second-order valence-corrected chi connectivity index (χ2v) is 7.36. The Labute approximate surface area is 173 Å². The molecule has 148 valence electrons. The zero-order valence-electron chi connectivity index (χ0n) is 16.8. The van der Waals surface area contributed by atoms with Crippen LogP contribution in [-0.2, 0) is 16.8 Å². The van der Waals surface area contributed by atoms with Gasteiger partial charge in [0, 0.05) is 12.0 Å². The van der Waals surface area contributed by atoms with E-state index in [2.05, 4.69) is 36.2 Å². The van der Waals surface area contributed by atoms with Crippen molar-refractivity contribution in [3.63, 3.8) is 0 Å². The number of ether oxygens (including phenoxy) is 1. The minimum absolute atomic E-state index is 0.247. The molecule has 0 heterocycles. The fourth-order valence-electron chi connectivity index (χ4n) is 3.66. The SMILES string of the molecule is C=C(C)CC(CNC(=O)OCc1ccccc1)(c1ccccc1)c1ccccc1. The fourth-order valence-corrected chi connectivity index (χ4v) is 3.66. The van der Waals surface area contributed by atoms with E-state index in [9.17, 15) is 4.79 Å². The Bertz CT molecular complexity index is 881. The van der Waals surface area contributed by atoms with Crippen molar-refractivity contribution in [1.82, 2.24) is 5.32 Å². The molecule has 3 rings (SSSR count). The summed E-state index contributed by atoms with van der Waals surface area (Å²) in [4.78, 5) is 12.5. The molecule has 0 radical (unpaired) electrons. The fraction of sp³-hybridized carbons (Fsp3) is 0.192. The smallest absolute Gasteiger partial charge is 0.407 e. The van der Waals surface area contributed by atoms with Crippen LogP contribution < -0.4 is 5.32 Å². The third-order valence-electron chi connectivity index (χ3n) is 5.00. The molecule has 0 fully saturated rings. The molecule has 3 heteroatoms. The Kier molecular flexibility index (Phi) is 6.85. The van der Waals surface area contributed by atoms with Crippen molar-refractivity contribution in [3.05, 3.63) is 120 Å². The van der Waals surface area contributed by atoms with Crippen molar-refractivity contribution in [2.75, 3.05) is 6.54 Å². The van der Waals surface area contributed by atoms with Crippen molar-refractivity contribution in [2.24, 2.45) is 0 Å². The largest absolute Gasteiger partial charge is 0.445 e. The van der Waals surface area contributed by atoms with Gasteiger partial charge < -0.3 is 10.1 Å². The molecule has 0 aliphatic heterocycles. The number of benzene rings is 3. The van der Waals surface area contributed by atoms with Gasteiger partial charge in [-0.2, -0.15) is 0 Å². The topological polar surface area (TPSA) is 38.3 Å². The van der Waals surface area contributed by atoms with Crippen molar-refractivity contribution in [2.45, 2.75) is 25.4 Å². The van der Waals surface area contributed by atoms with E-state index in [0.717, 1.165) is 28.7 Å². The van der Waals surface area contributed by atoms with E-state index in [-0.39, 0.29) is 6.61 Å². The molecule has 0 spiro atoms. The number of allylic oxidation sites excluding steroid dienone is 1. The van der Waals surface area contributed by atoms with Crippen LogP contribution in [-0.4, -0.2) is 12.6 Å². The van der Waals surface area contributed by atoms with Gasteiger partial charge in [-0.1, -0.05) is 96.6 Å². The highest BCUT2D eigenvalue weighted by atomic mass is 16.5. The van der Waals surface area contributed by atoms with Gasteiger partial charge in [-0.3, -0.25) is 0 Å². The highest BCUT2D eigenvalue weighted by molar-refractivity contribution is 5.67. The van der Waals surface area contributed by atoms with E-state index in [1.165, 1.54) is 0 Å². The summed E-state index contributed by atoms with van der Waals surface area (Å²) in [5, 5.41) is 2.99. The number of carbonyl (C=O) groups is 1. The normalized spacial score (nSPS) is 10.9. The second-order valence-electron chi connectivity index (χ2n) is 7.36. The van der Waals surface area contributed by atoms with Crippen LogP contribution in [0.4, 0.5) is 4.79 Å². The van der Waals surface area contributed by atoms with Crippen LogP contribution in [0, 0.1) is 0 Å². The lowest BCUT2D eigenvalue weighted by molar-refractivity contribution is 0.137. The minimum atomic E-state index is -0.424. The monoisotopic (exact) mass is 385 g/mol. The number of amides is 1. The standard InChI is InChI=1S/C26H27NO2/c1-21(2)18-26(23-14-8-4-9-15-23,24-16-10-5-11-17-24)20-27-25(28)29-19-22-12-6-3-7-13-22/h3-17H,1,18-20H2,2H3,(H,27,28). The quantitative estimate of drug-likeness (QED) is 0.493. The zero-order valence-corrected chi connectivity index (χ0v) is 16.8. The second kappa shape index (κ2) is 9.74. The molecule has 0 saturated heterocycles. The van der Waals surface area contributed by atoms with Gasteiger partial charge >= 0.3 is 6.09 Å². The molecule has 1 amide bonds. The Hall–Kier alpha value is -3.33. The number of nitrogens with one attached hydrogen (secondary N) is 1. The van der Waals surface area contributed by atoms with E-state index in [4.69, 9.17) is 4.74 Å². The lowest BCUT2D eigenvalue weighted by atomic mass is 9.70. The number of hydrogen-bond acceptors (Lipinski definition) is 2. The molecule has 0 saturated carbocycles. The van der Waals surface area contributed by atoms with Gasteiger partial charge in [-0.05, 0) is 30.0 Å². The Morgan fingerprint density at radius 2 is 1.34 bits per heavy atom. The summed E-state index contributed by atoms with van der Waals surface area (Å²) in [6.07, 6.45) is 0.298. The van der Waals surface area contributed by atoms with Crippen LogP contribution in [0.15, 0.2) is 103 Å². The summed E-state index contributed by atoms with van der Waals surface area (Å²) in [7, 11) is 0. The highest BCUT2D eigenvalue weighted by Gasteiger charge is 2.34. The predicted octanol–water partition coefficient (Wildman–Crippen LogP) is 5.87. The van der Waals surface area contributed by atoms with Crippen LogP contribution >= 0.6 is 0 Å². The maximum atomic E-state index is 12.5. The molecule has 0 bridgehead atoms. The summed E-state index contributed by atoms with van der Waals surface area (Å²) < 4.78 is 5.43. The van der Waals surface area contributed by atoms with Gasteiger partial charge in [0.1, 0.15) is 6.61 Å². The van der Waals surface area contributed by atoms with E-state index in [1.807, 2.05) is 73.7 Å². The summed E-state index contributed by atoms with van der Waals surface area (Å²) in [6.45, 7) is 6.84. The molecule has 0 atom stereocenters. The third kappa shape index (κ3) is 5.35. The summed E-state index contributed by atoms with van der Waals surface area (Å²) >= 11 is 0. The molecule has 0 aliphatic carbocycles. The van der Waals surface area contributed by atoms with Crippen LogP contribution in [0.3, 0.4) is 0 Å². The van der Waals surface area contributed by atoms with Gasteiger partial charge in [0.05, 0.1) is 0 Å². The van der Waals surface area contributed by atoms with Gasteiger partial charge in [0.2, 0.25) is 0 Å². The lowest BCUT2D eigenvalue weighted by Gasteiger charge is -2.35. The van der Waals surface area contributed by atoms with Gasteiger partial charge in [0.15, 0.2) is 0 Å². The maximum absolute atomic E-state index is 12.5. The molecule has 1 N–H and O–H groups in total. The first-order valence-corrected chi connectivity index (χ1v) is 9.80. The Morgan fingerprint density at radius 3 is 1.83 bits per heavy atom. The van der Waals surface area contributed by atoms with E-state index < -0.39 is 11.5 Å². The van der Waals surface area contributed by atoms with Gasteiger partial charge in [-0.25, -0.2) is 4.79 Å². The molecule has 0 unspecified atom stereocenters. The summed E-state index contributed by atoms with van der Waals surface area (Å²) in [5.41, 5.74) is 3.87. The third-order valence-corrected chi connectivity index (χ3v) is 5.00. The molecule has 3 nitrogen and oxygen atoms in total. The number of hydrogen-bond donors (Lipinski definition) is 1. The molecule has 0 aliphatic rings. The molecule has 29 heavy (non-hydrogen) atoms. The molecule has 0 aromatic heterocycles. The van der Waals surface area contributed by atoms with Crippen molar-refractivity contribution < 1.29 is 9.53 Å². The molecule has 3 aromatic carbocycles. The van der Waals surface area contributed by atoms with Crippen LogP contribution in [0.2, 0.25) is 0 Å². The summed E-state index contributed by atoms with van der Waals surface area (Å²) in [5.74, 6) is 0. The highest BCUT2D eigenvalue weighted by Crippen LogP contribution is 2.37. The van der Waals surface area contributed by atoms with Gasteiger partial charge in [0.25, 0.3) is 0 Å². The van der Waals surface area contributed by atoms with Crippen LogP contribution in [0.1, 0.15) is 30.0 Å². The van der Waals surface area contributed by atoms with E-state index in [1.54, 1.807) is 0 Å². The van der Waals surface area contributed by atoms with Crippen molar-refractivity contribution in [1.29, 1.82) is 0 Å². The average molecular weight is 386 g/mol. The predicted molar refractivity (Wildman–Crippen MR) is 118 cm³/mol. The van der Waals surface area contributed by atoms with E-state index in [0.29, 0.717) is 6.54 Å². The van der Waals surface area contributed by atoms with Gasteiger partial charge in [-0.15, -0.1) is 6.58 Å². The molecular weight excluding hydrogens is 358 g/mol. The zero-order chi connectivity index (χ0) is 20.5. The summed E-state index contributed by atoms with van der Waals surface area (Å²) in [6, 6.07) is 30.2. The Balaban J connectivity index is 1.83. The minimum Gasteiger partial charge on any atom is -0.445 e. The van der Waals surface area contributed by atoms with E-state index >= 15 is 0 Å². The first-order valence-electron chi connectivity index (χ1n) is 9.80. The van der Waals surface area contributed by atoms with Crippen molar-refractivity contribution >= 4 is 6.09 Å². The molecule has 3 aromatic rings. The maximum Gasteiger partial charge on any atom is 0.407 e. The first-order chi connectivity index (χ1) is 14.1. The molecular formula is C26H27NO2. The number of alkyl carbamates (subject to hydrolysis) is 1. The number of carbonyl (C=O) groups excluding carboxylic acids is 1. The van der Waals surface area contributed by atoms with Crippen LogP contribution in [0.25, 0.3) is 0 Å². The first kappa shape index (κ1) is 20.4. The Morgan fingerprint density at radius 1 is 0.862 bits per heavy atom. The van der Waals surface area contributed by atoms with Crippen LogP contribution in [0.5, 0.6) is 0 Å².